The third-order valence-electron chi connectivity index (χ3n) is 2.86. The Hall–Kier alpha value is -3.22. The molecule has 0 bridgehead atoms. The number of ketones is 1. The van der Waals surface area contributed by atoms with Crippen molar-refractivity contribution in [3.8, 4) is 11.5 Å². The first-order valence-electron chi connectivity index (χ1n) is 6.21. The molecule has 0 radical (unpaired) electrons. The van der Waals surface area contributed by atoms with E-state index in [1.165, 1.54) is 31.5 Å². The standard InChI is InChI=1S/C15H12N2O5/c1-22-15-9-12(17(20)21)10(8-14(15)19)5-6-13(18)11-4-2-3-7-16-11/h2-9,19H,1H3/b6-5+. The number of nitro benzene ring substituents is 1. The molecule has 0 spiro atoms. The zero-order chi connectivity index (χ0) is 16.1. The Morgan fingerprint density at radius 3 is 2.77 bits per heavy atom. The Bertz CT molecular complexity index is 741. The van der Waals surface area contributed by atoms with Crippen molar-refractivity contribution in [1.82, 2.24) is 4.98 Å². The van der Waals surface area contributed by atoms with Gasteiger partial charge in [-0.25, -0.2) is 0 Å². The van der Waals surface area contributed by atoms with Crippen LogP contribution in [0.2, 0.25) is 0 Å². The lowest BCUT2D eigenvalue weighted by molar-refractivity contribution is -0.385. The third-order valence-corrected chi connectivity index (χ3v) is 2.86. The summed E-state index contributed by atoms with van der Waals surface area (Å²) in [7, 11) is 1.29. The van der Waals surface area contributed by atoms with Crippen molar-refractivity contribution in [2.24, 2.45) is 0 Å². The summed E-state index contributed by atoms with van der Waals surface area (Å²) in [5.74, 6) is -0.664. The van der Waals surface area contributed by atoms with Gasteiger partial charge in [-0.1, -0.05) is 6.07 Å². The summed E-state index contributed by atoms with van der Waals surface area (Å²) in [5, 5.41) is 20.8. The number of nitro groups is 1. The number of benzene rings is 1. The number of nitrogens with zero attached hydrogens (tertiary/aromatic N) is 2. The molecule has 0 aliphatic heterocycles. The maximum atomic E-state index is 11.9. The molecule has 1 N–H and O–H groups in total. The minimum Gasteiger partial charge on any atom is -0.504 e. The first-order chi connectivity index (χ1) is 10.5. The highest BCUT2D eigenvalue weighted by Crippen LogP contribution is 2.34. The van der Waals surface area contributed by atoms with Crippen LogP contribution in [-0.4, -0.2) is 27.9 Å². The maximum absolute atomic E-state index is 11.9. The number of aromatic hydroxyl groups is 1. The zero-order valence-electron chi connectivity index (χ0n) is 11.6. The molecule has 7 nitrogen and oxygen atoms in total. The van der Waals surface area contributed by atoms with Crippen LogP contribution in [0.1, 0.15) is 16.1 Å². The highest BCUT2D eigenvalue weighted by Gasteiger charge is 2.17. The molecule has 0 amide bonds. The molecule has 22 heavy (non-hydrogen) atoms. The van der Waals surface area contributed by atoms with Crippen molar-refractivity contribution in [3.63, 3.8) is 0 Å². The number of rotatable bonds is 5. The van der Waals surface area contributed by atoms with Crippen LogP contribution < -0.4 is 4.74 Å². The number of carbonyl (C=O) groups is 1. The molecule has 2 rings (SSSR count). The normalized spacial score (nSPS) is 10.6. The Labute approximate surface area is 125 Å². The van der Waals surface area contributed by atoms with Crippen LogP contribution in [0.4, 0.5) is 5.69 Å². The van der Waals surface area contributed by atoms with Gasteiger partial charge in [-0.15, -0.1) is 0 Å². The number of aromatic nitrogens is 1. The molecule has 1 aromatic heterocycles. The molecular weight excluding hydrogens is 288 g/mol. The molecule has 2 aromatic rings. The number of allylic oxidation sites excluding steroid dienone is 1. The van der Waals surface area contributed by atoms with Crippen LogP contribution in [-0.2, 0) is 0 Å². The number of ether oxygens (including phenoxy) is 1. The Morgan fingerprint density at radius 1 is 1.41 bits per heavy atom. The monoisotopic (exact) mass is 300 g/mol. The van der Waals surface area contributed by atoms with E-state index >= 15 is 0 Å². The fourth-order valence-corrected chi connectivity index (χ4v) is 1.79. The average molecular weight is 300 g/mol. The van der Waals surface area contributed by atoms with E-state index in [9.17, 15) is 20.0 Å². The van der Waals surface area contributed by atoms with Gasteiger partial charge in [-0.2, -0.15) is 0 Å². The maximum Gasteiger partial charge on any atom is 0.280 e. The molecule has 0 aliphatic carbocycles. The molecule has 112 valence electrons. The third kappa shape index (κ3) is 3.26. The van der Waals surface area contributed by atoms with Gasteiger partial charge >= 0.3 is 0 Å². The van der Waals surface area contributed by atoms with Gasteiger partial charge in [-0.3, -0.25) is 19.9 Å². The summed E-state index contributed by atoms with van der Waals surface area (Å²) in [6.45, 7) is 0. The lowest BCUT2D eigenvalue weighted by atomic mass is 10.1. The molecule has 0 fully saturated rings. The Balaban J connectivity index is 2.36. The Kier molecular flexibility index (Phi) is 4.47. The zero-order valence-corrected chi connectivity index (χ0v) is 11.6. The first-order valence-corrected chi connectivity index (χ1v) is 6.21. The predicted octanol–water partition coefficient (Wildman–Crippen LogP) is 2.60. The number of phenols is 1. The van der Waals surface area contributed by atoms with Gasteiger partial charge in [0.15, 0.2) is 11.5 Å². The van der Waals surface area contributed by atoms with Gasteiger partial charge in [0.1, 0.15) is 5.69 Å². The molecule has 0 aliphatic rings. The lowest BCUT2D eigenvalue weighted by Crippen LogP contribution is -1.98. The van der Waals surface area contributed by atoms with Crippen molar-refractivity contribution in [3.05, 3.63) is 64.0 Å². The fraction of sp³-hybridized carbons (Fsp3) is 0.0667. The molecule has 7 heteroatoms. The number of hydrogen-bond donors (Lipinski definition) is 1. The van der Waals surface area contributed by atoms with Crippen molar-refractivity contribution in [2.45, 2.75) is 0 Å². The molecule has 0 saturated carbocycles. The van der Waals surface area contributed by atoms with Crippen molar-refractivity contribution in [1.29, 1.82) is 0 Å². The van der Waals surface area contributed by atoms with Crippen molar-refractivity contribution in [2.75, 3.05) is 7.11 Å². The summed E-state index contributed by atoms with van der Waals surface area (Å²) in [4.78, 5) is 26.2. The van der Waals surface area contributed by atoms with Gasteiger partial charge in [0.25, 0.3) is 5.69 Å². The van der Waals surface area contributed by atoms with E-state index in [4.69, 9.17) is 4.74 Å². The van der Waals surface area contributed by atoms with E-state index in [1.807, 2.05) is 0 Å². The number of hydrogen-bond acceptors (Lipinski definition) is 6. The largest absolute Gasteiger partial charge is 0.504 e. The van der Waals surface area contributed by atoms with Crippen molar-refractivity contribution < 1.29 is 19.6 Å². The lowest BCUT2D eigenvalue weighted by Gasteiger charge is -2.05. The predicted molar refractivity (Wildman–Crippen MR) is 78.9 cm³/mol. The second kappa shape index (κ2) is 6.49. The second-order valence-electron chi connectivity index (χ2n) is 4.25. The van der Waals surface area contributed by atoms with Crippen LogP contribution in [0, 0.1) is 10.1 Å². The summed E-state index contributed by atoms with van der Waals surface area (Å²) < 4.78 is 4.83. The van der Waals surface area contributed by atoms with Gasteiger partial charge in [0.05, 0.1) is 23.7 Å². The fourth-order valence-electron chi connectivity index (χ4n) is 1.79. The summed E-state index contributed by atoms with van der Waals surface area (Å²) >= 11 is 0. The number of methoxy groups -OCH3 is 1. The van der Waals surface area contributed by atoms with E-state index in [0.717, 1.165) is 12.1 Å². The van der Waals surface area contributed by atoms with Crippen LogP contribution in [0.3, 0.4) is 0 Å². The van der Waals surface area contributed by atoms with E-state index in [1.54, 1.807) is 12.1 Å². The summed E-state index contributed by atoms with van der Waals surface area (Å²) in [5.41, 5.74) is 0.0337. The quantitative estimate of drug-likeness (QED) is 0.394. The van der Waals surface area contributed by atoms with Crippen LogP contribution in [0.15, 0.2) is 42.6 Å². The molecular formula is C15H12N2O5. The SMILES string of the molecule is COc1cc([N+](=O)[O-])c(/C=C/C(=O)c2ccccn2)cc1O. The van der Waals surface area contributed by atoms with E-state index < -0.39 is 10.7 Å². The highest BCUT2D eigenvalue weighted by molar-refractivity contribution is 6.05. The van der Waals surface area contributed by atoms with Crippen LogP contribution in [0.5, 0.6) is 11.5 Å². The minimum absolute atomic E-state index is 0.0140. The van der Waals surface area contributed by atoms with Gasteiger partial charge in [0.2, 0.25) is 5.78 Å². The second-order valence-corrected chi connectivity index (χ2v) is 4.25. The van der Waals surface area contributed by atoms with Gasteiger partial charge in [-0.05, 0) is 30.4 Å². The van der Waals surface area contributed by atoms with E-state index in [0.29, 0.717) is 0 Å². The summed E-state index contributed by atoms with van der Waals surface area (Å²) in [6, 6.07) is 7.13. The molecule has 1 aromatic carbocycles. The topological polar surface area (TPSA) is 103 Å². The molecule has 1 heterocycles. The van der Waals surface area contributed by atoms with E-state index in [-0.39, 0.29) is 28.4 Å². The minimum atomic E-state index is -0.618. The summed E-state index contributed by atoms with van der Waals surface area (Å²) in [6.07, 6.45) is 3.90. The molecule has 0 unspecified atom stereocenters. The number of pyridine rings is 1. The van der Waals surface area contributed by atoms with Gasteiger partial charge in [0, 0.05) is 6.20 Å². The molecule has 0 saturated heterocycles. The van der Waals surface area contributed by atoms with Crippen LogP contribution in [0.25, 0.3) is 6.08 Å². The highest BCUT2D eigenvalue weighted by atomic mass is 16.6. The average Bonchev–Trinajstić information content (AvgIpc) is 2.53. The van der Waals surface area contributed by atoms with Gasteiger partial charge < -0.3 is 9.84 Å². The molecule has 0 atom stereocenters. The Morgan fingerprint density at radius 2 is 2.18 bits per heavy atom. The van der Waals surface area contributed by atoms with Crippen molar-refractivity contribution >= 4 is 17.5 Å². The number of phenolic OH excluding ortho intramolecular Hbond substituents is 1. The van der Waals surface area contributed by atoms with E-state index in [2.05, 4.69) is 4.98 Å². The number of carbonyl (C=O) groups excluding carboxylic acids is 1. The smallest absolute Gasteiger partial charge is 0.280 e. The van der Waals surface area contributed by atoms with Crippen LogP contribution >= 0.6 is 0 Å². The first kappa shape index (κ1) is 15.2.